The highest BCUT2D eigenvalue weighted by atomic mass is 35.5. The quantitative estimate of drug-likeness (QED) is 0.289. The minimum absolute atomic E-state index is 0.102. The summed E-state index contributed by atoms with van der Waals surface area (Å²) in [6, 6.07) is 2.81. The summed E-state index contributed by atoms with van der Waals surface area (Å²) in [6.45, 7) is 0. The van der Waals surface area contributed by atoms with Crippen LogP contribution in [-0.2, 0) is 14.3 Å². The van der Waals surface area contributed by atoms with Gasteiger partial charge in [0.2, 0.25) is 0 Å². The molecule has 1 aliphatic heterocycles. The first-order valence-electron chi connectivity index (χ1n) is 5.95. The monoisotopic (exact) mass is 375 g/mol. The van der Waals surface area contributed by atoms with E-state index in [0.29, 0.717) is 0 Å². The Morgan fingerprint density at radius 2 is 2.17 bits per heavy atom. The second kappa shape index (κ2) is 7.58. The summed E-state index contributed by atoms with van der Waals surface area (Å²) in [6.07, 6.45) is 2.25. The van der Waals surface area contributed by atoms with Crippen LogP contribution < -0.4 is 5.32 Å². The number of ether oxygens (including phenoxy) is 1. The molecule has 0 aromatic heterocycles. The molecule has 1 aliphatic rings. The maximum absolute atomic E-state index is 13.5. The Morgan fingerprint density at radius 1 is 1.43 bits per heavy atom. The van der Waals surface area contributed by atoms with Crippen LogP contribution in [0.5, 0.6) is 0 Å². The van der Waals surface area contributed by atoms with Gasteiger partial charge in [-0.3, -0.25) is 10.1 Å². The molecule has 1 aromatic rings. The number of methoxy groups -OCH3 is 1. The molecular formula is C13H8Cl2FN3O3S. The predicted molar refractivity (Wildman–Crippen MR) is 87.3 cm³/mol. The molecule has 120 valence electrons. The molecule has 1 aromatic carbocycles. The van der Waals surface area contributed by atoms with Crippen molar-refractivity contribution < 1.29 is 18.7 Å². The molecule has 0 spiro atoms. The molecule has 1 heterocycles. The number of rotatable bonds is 3. The van der Waals surface area contributed by atoms with Crippen LogP contribution in [0.2, 0.25) is 10.0 Å². The van der Waals surface area contributed by atoms with Gasteiger partial charge < -0.3 is 4.74 Å². The van der Waals surface area contributed by atoms with Crippen molar-refractivity contribution in [1.82, 2.24) is 5.32 Å². The lowest BCUT2D eigenvalue weighted by atomic mass is 10.2. The van der Waals surface area contributed by atoms with E-state index in [0.717, 1.165) is 17.8 Å². The molecule has 1 fully saturated rings. The van der Waals surface area contributed by atoms with Gasteiger partial charge in [0.15, 0.2) is 11.0 Å². The number of amidine groups is 1. The fourth-order valence-corrected chi connectivity index (χ4v) is 2.58. The lowest BCUT2D eigenvalue weighted by Gasteiger charge is -2.00. The zero-order chi connectivity index (χ0) is 17.0. The van der Waals surface area contributed by atoms with Crippen molar-refractivity contribution in [3.05, 3.63) is 44.5 Å². The largest absolute Gasteiger partial charge is 0.466 e. The maximum Gasteiger partial charge on any atom is 0.331 e. The molecule has 0 atom stereocenters. The second-order valence-electron chi connectivity index (χ2n) is 4.00. The molecular weight excluding hydrogens is 368 g/mol. The van der Waals surface area contributed by atoms with E-state index in [-0.39, 0.29) is 25.7 Å². The van der Waals surface area contributed by atoms with Gasteiger partial charge in [-0.2, -0.15) is 5.10 Å². The molecule has 2 rings (SSSR count). The van der Waals surface area contributed by atoms with Crippen molar-refractivity contribution in [2.75, 3.05) is 7.11 Å². The Morgan fingerprint density at radius 3 is 2.87 bits per heavy atom. The topological polar surface area (TPSA) is 80.1 Å². The molecule has 0 bridgehead atoms. The number of esters is 1. The van der Waals surface area contributed by atoms with Crippen LogP contribution in [0, 0.1) is 5.82 Å². The molecule has 23 heavy (non-hydrogen) atoms. The van der Waals surface area contributed by atoms with E-state index in [1.165, 1.54) is 25.5 Å². The number of amides is 1. The minimum atomic E-state index is -0.753. The first-order chi connectivity index (χ1) is 10.9. The van der Waals surface area contributed by atoms with Crippen LogP contribution in [0.4, 0.5) is 4.39 Å². The molecule has 0 unspecified atom stereocenters. The zero-order valence-electron chi connectivity index (χ0n) is 11.5. The van der Waals surface area contributed by atoms with E-state index >= 15 is 0 Å². The van der Waals surface area contributed by atoms with Crippen LogP contribution in [0.15, 0.2) is 33.3 Å². The Bertz CT molecular complexity index is 765. The number of hydrogen-bond acceptors (Lipinski definition) is 6. The normalized spacial score (nSPS) is 18.0. The fourth-order valence-electron chi connectivity index (χ4n) is 1.43. The van der Waals surface area contributed by atoms with Crippen molar-refractivity contribution in [2.24, 2.45) is 10.2 Å². The Hall–Kier alpha value is -1.90. The van der Waals surface area contributed by atoms with Gasteiger partial charge in [-0.1, -0.05) is 29.3 Å². The fraction of sp³-hybridized carbons (Fsp3) is 0.0769. The van der Waals surface area contributed by atoms with E-state index in [4.69, 9.17) is 23.2 Å². The van der Waals surface area contributed by atoms with Crippen molar-refractivity contribution in [1.29, 1.82) is 0 Å². The molecule has 1 amide bonds. The van der Waals surface area contributed by atoms with Gasteiger partial charge in [-0.25, -0.2) is 9.18 Å². The lowest BCUT2D eigenvalue weighted by Crippen LogP contribution is -2.19. The number of thioether (sulfide) groups is 1. The summed E-state index contributed by atoms with van der Waals surface area (Å²) in [5.41, 5.74) is 0.276. The van der Waals surface area contributed by atoms with E-state index in [1.54, 1.807) is 0 Å². The summed E-state index contributed by atoms with van der Waals surface area (Å²) >= 11 is 12.3. The highest BCUT2D eigenvalue weighted by molar-refractivity contribution is 8.18. The van der Waals surface area contributed by atoms with Crippen molar-refractivity contribution in [2.45, 2.75) is 0 Å². The van der Waals surface area contributed by atoms with Gasteiger partial charge in [-0.15, -0.1) is 5.10 Å². The molecule has 1 N–H and O–H groups in total. The third-order valence-corrected chi connectivity index (χ3v) is 4.09. The summed E-state index contributed by atoms with van der Waals surface area (Å²) in [5.74, 6) is -1.91. The van der Waals surface area contributed by atoms with Gasteiger partial charge in [0.1, 0.15) is 0 Å². The summed E-state index contributed by atoms with van der Waals surface area (Å²) < 4.78 is 17.9. The van der Waals surface area contributed by atoms with Crippen LogP contribution in [0.25, 0.3) is 0 Å². The first kappa shape index (κ1) is 17.5. The molecule has 0 saturated carbocycles. The van der Waals surface area contributed by atoms with Crippen molar-refractivity contribution in [3.63, 3.8) is 0 Å². The third-order valence-electron chi connectivity index (χ3n) is 2.51. The van der Waals surface area contributed by atoms with E-state index in [9.17, 15) is 14.0 Å². The van der Waals surface area contributed by atoms with E-state index in [1.807, 2.05) is 0 Å². The number of hydrogen-bond donors (Lipinski definition) is 1. The SMILES string of the molecule is COC(=O)/C=C1/S/C(=N\N=Cc2ccc(Cl)c(F)c2Cl)NC1=O. The molecule has 0 radical (unpaired) electrons. The molecule has 6 nitrogen and oxygen atoms in total. The number of carbonyl (C=O) groups excluding carboxylic acids is 2. The van der Waals surface area contributed by atoms with Crippen molar-refractivity contribution in [3.8, 4) is 0 Å². The van der Waals surface area contributed by atoms with Gasteiger partial charge in [-0.05, 0) is 17.8 Å². The lowest BCUT2D eigenvalue weighted by molar-refractivity contribution is -0.135. The number of nitrogens with one attached hydrogen (secondary N) is 1. The standard InChI is InChI=1S/C13H8Cl2FN3O3S/c1-22-9(20)4-8-12(21)18-13(23-8)19-17-5-6-2-3-7(14)11(16)10(6)15/h2-5H,1H3,(H,18,19,21)/b8-4+,17-5?. The second-order valence-corrected chi connectivity index (χ2v) is 5.82. The molecule has 0 aliphatic carbocycles. The Kier molecular flexibility index (Phi) is 5.75. The van der Waals surface area contributed by atoms with Gasteiger partial charge in [0, 0.05) is 11.6 Å². The number of carbonyl (C=O) groups is 2. The third kappa shape index (κ3) is 4.31. The number of benzene rings is 1. The van der Waals surface area contributed by atoms with Crippen LogP contribution in [-0.4, -0.2) is 30.4 Å². The van der Waals surface area contributed by atoms with Crippen molar-refractivity contribution >= 4 is 58.2 Å². The average molecular weight is 376 g/mol. The maximum atomic E-state index is 13.5. The summed E-state index contributed by atoms with van der Waals surface area (Å²) in [4.78, 5) is 22.8. The van der Waals surface area contributed by atoms with Gasteiger partial charge >= 0.3 is 5.97 Å². The Balaban J connectivity index is 2.13. The van der Waals surface area contributed by atoms with E-state index in [2.05, 4.69) is 20.3 Å². The smallest absolute Gasteiger partial charge is 0.331 e. The Labute approximate surface area is 144 Å². The van der Waals surface area contributed by atoms with Gasteiger partial charge in [0.05, 0.1) is 28.3 Å². The predicted octanol–water partition coefficient (Wildman–Crippen LogP) is 2.74. The van der Waals surface area contributed by atoms with Crippen LogP contribution in [0.3, 0.4) is 0 Å². The first-order valence-corrected chi connectivity index (χ1v) is 7.53. The van der Waals surface area contributed by atoms with E-state index < -0.39 is 17.7 Å². The number of nitrogens with zero attached hydrogens (tertiary/aromatic N) is 2. The van der Waals surface area contributed by atoms with Gasteiger partial charge in [0.25, 0.3) is 5.91 Å². The van der Waals surface area contributed by atoms with Crippen LogP contribution >= 0.6 is 35.0 Å². The molecule has 10 heteroatoms. The summed E-state index contributed by atoms with van der Waals surface area (Å²) in [5, 5.41) is 9.75. The van der Waals surface area contributed by atoms with Crippen LogP contribution in [0.1, 0.15) is 5.56 Å². The minimum Gasteiger partial charge on any atom is -0.466 e. The molecule has 1 saturated heterocycles. The highest BCUT2D eigenvalue weighted by Gasteiger charge is 2.25. The zero-order valence-corrected chi connectivity index (χ0v) is 13.8. The number of halogens is 3. The average Bonchev–Trinajstić information content (AvgIpc) is 2.87. The summed E-state index contributed by atoms with van der Waals surface area (Å²) in [7, 11) is 1.20. The highest BCUT2D eigenvalue weighted by Crippen LogP contribution is 2.26.